The van der Waals surface area contributed by atoms with Crippen LogP contribution in [0.4, 0.5) is 4.39 Å². The molecule has 1 aromatic rings. The molecule has 0 heterocycles. The van der Waals surface area contributed by atoms with Crippen LogP contribution < -0.4 is 0 Å². The average molecular weight is 254 g/mol. The lowest BCUT2D eigenvalue weighted by Gasteiger charge is -2.23. The normalized spacial score (nSPS) is 11.3. The molecular formula is C14H19FO3. The second-order valence-corrected chi connectivity index (χ2v) is 5.11. The van der Waals surface area contributed by atoms with Crippen molar-refractivity contribution in [3.63, 3.8) is 0 Å². The van der Waals surface area contributed by atoms with Crippen molar-refractivity contribution in [3.8, 4) is 5.75 Å². The van der Waals surface area contributed by atoms with Crippen LogP contribution in [0, 0.1) is 11.2 Å². The second-order valence-electron chi connectivity index (χ2n) is 5.11. The molecule has 0 aliphatic rings. The van der Waals surface area contributed by atoms with Gasteiger partial charge in [0, 0.05) is 0 Å². The SMILES string of the molecule is CCOC(=O)CC(C)(C)Cc1ccc(O)c(F)c1. The lowest BCUT2D eigenvalue weighted by atomic mass is 9.82. The van der Waals surface area contributed by atoms with Crippen LogP contribution in [0.2, 0.25) is 0 Å². The molecule has 3 nitrogen and oxygen atoms in total. The summed E-state index contributed by atoms with van der Waals surface area (Å²) in [4.78, 5) is 11.4. The Morgan fingerprint density at radius 1 is 1.44 bits per heavy atom. The Kier molecular flexibility index (Phi) is 4.70. The maximum Gasteiger partial charge on any atom is 0.306 e. The molecule has 0 bridgehead atoms. The number of hydrogen-bond donors (Lipinski definition) is 1. The van der Waals surface area contributed by atoms with Gasteiger partial charge >= 0.3 is 5.97 Å². The quantitative estimate of drug-likeness (QED) is 0.821. The Hall–Kier alpha value is -1.58. The highest BCUT2D eigenvalue weighted by Gasteiger charge is 2.23. The number of ether oxygens (including phenoxy) is 1. The zero-order valence-electron chi connectivity index (χ0n) is 11.0. The molecule has 4 heteroatoms. The first-order valence-corrected chi connectivity index (χ1v) is 5.97. The van der Waals surface area contributed by atoms with E-state index in [1.807, 2.05) is 13.8 Å². The Labute approximate surface area is 107 Å². The Balaban J connectivity index is 2.69. The van der Waals surface area contributed by atoms with Gasteiger partial charge in [-0.25, -0.2) is 4.39 Å². The van der Waals surface area contributed by atoms with Gasteiger partial charge in [0.25, 0.3) is 0 Å². The number of aromatic hydroxyl groups is 1. The molecule has 1 rings (SSSR count). The topological polar surface area (TPSA) is 46.5 Å². The number of carbonyl (C=O) groups excluding carboxylic acids is 1. The summed E-state index contributed by atoms with van der Waals surface area (Å²) in [6, 6.07) is 4.28. The second kappa shape index (κ2) is 5.85. The maximum atomic E-state index is 13.2. The molecule has 18 heavy (non-hydrogen) atoms. The van der Waals surface area contributed by atoms with Crippen molar-refractivity contribution < 1.29 is 19.0 Å². The maximum absolute atomic E-state index is 13.2. The summed E-state index contributed by atoms with van der Waals surface area (Å²) in [5.74, 6) is -1.25. The molecule has 0 aliphatic carbocycles. The van der Waals surface area contributed by atoms with Gasteiger partial charge in [-0.15, -0.1) is 0 Å². The first-order valence-electron chi connectivity index (χ1n) is 5.97. The smallest absolute Gasteiger partial charge is 0.306 e. The molecule has 1 aromatic carbocycles. The van der Waals surface area contributed by atoms with E-state index in [0.29, 0.717) is 13.0 Å². The minimum absolute atomic E-state index is 0.248. The third kappa shape index (κ3) is 4.35. The number of esters is 1. The molecule has 100 valence electrons. The van der Waals surface area contributed by atoms with Crippen LogP contribution in [0.1, 0.15) is 32.8 Å². The summed E-state index contributed by atoms with van der Waals surface area (Å²) in [7, 11) is 0. The van der Waals surface area contributed by atoms with Gasteiger partial charge in [-0.1, -0.05) is 19.9 Å². The Bertz CT molecular complexity index is 427. The lowest BCUT2D eigenvalue weighted by Crippen LogP contribution is -2.21. The molecule has 0 amide bonds. The van der Waals surface area contributed by atoms with Crippen molar-refractivity contribution >= 4 is 5.97 Å². The molecule has 0 spiro atoms. The van der Waals surface area contributed by atoms with Crippen molar-refractivity contribution in [2.45, 2.75) is 33.6 Å². The first kappa shape index (κ1) is 14.5. The molecule has 0 aromatic heterocycles. The predicted octanol–water partition coefficient (Wildman–Crippen LogP) is 3.05. The highest BCUT2D eigenvalue weighted by Crippen LogP contribution is 2.28. The molecule has 0 atom stereocenters. The summed E-state index contributed by atoms with van der Waals surface area (Å²) >= 11 is 0. The minimum Gasteiger partial charge on any atom is -0.505 e. The molecule has 0 fully saturated rings. The Morgan fingerprint density at radius 2 is 2.11 bits per heavy atom. The van der Waals surface area contributed by atoms with E-state index >= 15 is 0 Å². The van der Waals surface area contributed by atoms with Crippen LogP contribution in [0.25, 0.3) is 0 Å². The fourth-order valence-corrected chi connectivity index (χ4v) is 1.88. The summed E-state index contributed by atoms with van der Waals surface area (Å²) in [6.45, 7) is 5.98. The van der Waals surface area contributed by atoms with Gasteiger partial charge in [0.15, 0.2) is 11.6 Å². The largest absolute Gasteiger partial charge is 0.505 e. The zero-order chi connectivity index (χ0) is 13.8. The summed E-state index contributed by atoms with van der Waals surface area (Å²) in [5, 5.41) is 9.11. The van der Waals surface area contributed by atoms with Gasteiger partial charge in [-0.3, -0.25) is 4.79 Å². The van der Waals surface area contributed by atoms with Crippen molar-refractivity contribution in [2.75, 3.05) is 6.61 Å². The van der Waals surface area contributed by atoms with Gasteiger partial charge in [-0.05, 0) is 36.5 Å². The predicted molar refractivity (Wildman–Crippen MR) is 66.8 cm³/mol. The van der Waals surface area contributed by atoms with Gasteiger partial charge in [0.05, 0.1) is 13.0 Å². The molecule has 0 saturated carbocycles. The van der Waals surface area contributed by atoms with Crippen LogP contribution in [-0.2, 0) is 16.0 Å². The number of phenols is 1. The molecule has 0 saturated heterocycles. The van der Waals surface area contributed by atoms with E-state index in [0.717, 1.165) is 5.56 Å². The third-order valence-corrected chi connectivity index (χ3v) is 2.62. The van der Waals surface area contributed by atoms with Gasteiger partial charge in [0.2, 0.25) is 0 Å². The van der Waals surface area contributed by atoms with E-state index in [9.17, 15) is 9.18 Å². The van der Waals surface area contributed by atoms with Crippen LogP contribution in [-0.4, -0.2) is 17.7 Å². The standard InChI is InChI=1S/C14H19FO3/c1-4-18-13(17)9-14(2,3)8-10-5-6-12(16)11(15)7-10/h5-7,16H,4,8-9H2,1-3H3. The Morgan fingerprint density at radius 3 is 2.67 bits per heavy atom. The molecule has 0 unspecified atom stereocenters. The van der Waals surface area contributed by atoms with Gasteiger partial charge in [0.1, 0.15) is 0 Å². The van der Waals surface area contributed by atoms with E-state index in [-0.39, 0.29) is 23.6 Å². The van der Waals surface area contributed by atoms with E-state index in [2.05, 4.69) is 0 Å². The molecule has 0 aliphatic heterocycles. The van der Waals surface area contributed by atoms with Crippen molar-refractivity contribution in [2.24, 2.45) is 5.41 Å². The van der Waals surface area contributed by atoms with Gasteiger partial charge in [-0.2, -0.15) is 0 Å². The first-order chi connectivity index (χ1) is 8.34. The summed E-state index contributed by atoms with van der Waals surface area (Å²) in [5.41, 5.74) is 0.440. The molecule has 0 radical (unpaired) electrons. The number of carbonyl (C=O) groups is 1. The van der Waals surface area contributed by atoms with Crippen LogP contribution in [0.3, 0.4) is 0 Å². The number of halogens is 1. The molecule has 1 N–H and O–H groups in total. The third-order valence-electron chi connectivity index (χ3n) is 2.62. The van der Waals surface area contributed by atoms with Crippen molar-refractivity contribution in [1.29, 1.82) is 0 Å². The lowest BCUT2D eigenvalue weighted by molar-refractivity contribution is -0.145. The summed E-state index contributed by atoms with van der Waals surface area (Å²) in [6.07, 6.45) is 0.826. The van der Waals surface area contributed by atoms with Gasteiger partial charge < -0.3 is 9.84 Å². The zero-order valence-corrected chi connectivity index (χ0v) is 11.0. The number of hydrogen-bond acceptors (Lipinski definition) is 3. The van der Waals surface area contributed by atoms with E-state index < -0.39 is 5.82 Å². The number of rotatable bonds is 5. The minimum atomic E-state index is -0.639. The van der Waals surface area contributed by atoms with Crippen molar-refractivity contribution in [1.82, 2.24) is 0 Å². The van der Waals surface area contributed by atoms with Crippen LogP contribution in [0.5, 0.6) is 5.75 Å². The van der Waals surface area contributed by atoms with E-state index in [4.69, 9.17) is 9.84 Å². The molecular weight excluding hydrogens is 235 g/mol. The van der Waals surface area contributed by atoms with Crippen LogP contribution in [0.15, 0.2) is 18.2 Å². The number of benzene rings is 1. The van der Waals surface area contributed by atoms with E-state index in [1.165, 1.54) is 12.1 Å². The fourth-order valence-electron chi connectivity index (χ4n) is 1.88. The van der Waals surface area contributed by atoms with Crippen molar-refractivity contribution in [3.05, 3.63) is 29.6 Å². The number of phenolic OH excluding ortho intramolecular Hbond substituents is 1. The monoisotopic (exact) mass is 254 g/mol. The highest BCUT2D eigenvalue weighted by atomic mass is 19.1. The van der Waals surface area contributed by atoms with Crippen LogP contribution >= 0.6 is 0 Å². The highest BCUT2D eigenvalue weighted by molar-refractivity contribution is 5.70. The van der Waals surface area contributed by atoms with E-state index in [1.54, 1.807) is 13.0 Å². The average Bonchev–Trinajstić information content (AvgIpc) is 2.22. The summed E-state index contributed by atoms with van der Waals surface area (Å²) < 4.78 is 18.1. The fraction of sp³-hybridized carbons (Fsp3) is 0.500.